The standard InChI is InChI=1S/C12H23FN2/c1-12(2,3)15-7-9-10(13)5-6-14(4)11(9)8-15/h9-11H,5-8H2,1-4H3. The number of likely N-dealkylation sites (tertiary alicyclic amines) is 2. The summed E-state index contributed by atoms with van der Waals surface area (Å²) in [6.07, 6.45) is 0.133. The van der Waals surface area contributed by atoms with Gasteiger partial charge in [-0.3, -0.25) is 4.90 Å². The molecular weight excluding hydrogens is 191 g/mol. The number of alkyl halides is 1. The lowest BCUT2D eigenvalue weighted by atomic mass is 9.91. The summed E-state index contributed by atoms with van der Waals surface area (Å²) in [6, 6.07) is 0.438. The minimum Gasteiger partial charge on any atom is -0.302 e. The molecule has 0 aromatic heterocycles. The molecule has 15 heavy (non-hydrogen) atoms. The maximum Gasteiger partial charge on any atom is 0.107 e. The van der Waals surface area contributed by atoms with Crippen molar-refractivity contribution in [2.45, 2.75) is 44.9 Å². The fourth-order valence-electron chi connectivity index (χ4n) is 2.89. The van der Waals surface area contributed by atoms with Gasteiger partial charge in [-0.15, -0.1) is 0 Å². The number of hydrogen-bond acceptors (Lipinski definition) is 2. The molecule has 3 heteroatoms. The molecule has 0 saturated carbocycles. The number of likely N-dealkylation sites (N-methyl/N-ethyl adjacent to an activating group) is 1. The van der Waals surface area contributed by atoms with Gasteiger partial charge in [0.1, 0.15) is 6.17 Å². The van der Waals surface area contributed by atoms with Gasteiger partial charge >= 0.3 is 0 Å². The SMILES string of the molecule is CN1CCC(F)C2CN(C(C)(C)C)CC21. The topological polar surface area (TPSA) is 6.48 Å². The monoisotopic (exact) mass is 214 g/mol. The summed E-state index contributed by atoms with van der Waals surface area (Å²) in [5.41, 5.74) is 0.178. The second kappa shape index (κ2) is 3.70. The molecule has 0 aromatic carbocycles. The summed E-state index contributed by atoms with van der Waals surface area (Å²) in [6.45, 7) is 9.54. The number of rotatable bonds is 0. The first-order valence-corrected chi connectivity index (χ1v) is 5.99. The predicted octanol–water partition coefficient (Wildman–Crippen LogP) is 1.76. The molecule has 0 spiro atoms. The Morgan fingerprint density at radius 3 is 2.40 bits per heavy atom. The van der Waals surface area contributed by atoms with Crippen LogP contribution >= 0.6 is 0 Å². The van der Waals surface area contributed by atoms with Crippen molar-refractivity contribution in [3.8, 4) is 0 Å². The smallest absolute Gasteiger partial charge is 0.107 e. The molecule has 0 aromatic rings. The van der Waals surface area contributed by atoms with Gasteiger partial charge in [0.25, 0.3) is 0 Å². The van der Waals surface area contributed by atoms with Crippen molar-refractivity contribution in [1.82, 2.24) is 9.80 Å². The first-order valence-electron chi connectivity index (χ1n) is 5.99. The number of halogens is 1. The van der Waals surface area contributed by atoms with Gasteiger partial charge in [-0.1, -0.05) is 0 Å². The van der Waals surface area contributed by atoms with E-state index < -0.39 is 6.17 Å². The third kappa shape index (κ3) is 2.04. The average Bonchev–Trinajstić information content (AvgIpc) is 2.56. The Kier molecular flexibility index (Phi) is 2.80. The van der Waals surface area contributed by atoms with Crippen LogP contribution in [0.4, 0.5) is 4.39 Å². The van der Waals surface area contributed by atoms with Crippen molar-refractivity contribution in [3.05, 3.63) is 0 Å². The second-order valence-electron chi connectivity index (χ2n) is 6.09. The Balaban J connectivity index is 2.10. The quantitative estimate of drug-likeness (QED) is 0.606. The van der Waals surface area contributed by atoms with E-state index in [9.17, 15) is 4.39 Å². The van der Waals surface area contributed by atoms with E-state index in [4.69, 9.17) is 0 Å². The highest BCUT2D eigenvalue weighted by Gasteiger charge is 2.45. The van der Waals surface area contributed by atoms with Crippen LogP contribution in [-0.4, -0.2) is 54.2 Å². The van der Waals surface area contributed by atoms with Crippen LogP contribution in [0.3, 0.4) is 0 Å². The molecule has 3 unspecified atom stereocenters. The molecule has 2 rings (SSSR count). The van der Waals surface area contributed by atoms with Crippen molar-refractivity contribution < 1.29 is 4.39 Å². The summed E-state index contributed by atoms with van der Waals surface area (Å²) in [7, 11) is 2.13. The minimum absolute atomic E-state index is 0.178. The lowest BCUT2D eigenvalue weighted by molar-refractivity contribution is 0.0756. The summed E-state index contributed by atoms with van der Waals surface area (Å²) in [5, 5.41) is 0. The zero-order chi connectivity index (χ0) is 11.2. The van der Waals surface area contributed by atoms with Crippen LogP contribution in [0.1, 0.15) is 27.2 Å². The van der Waals surface area contributed by atoms with E-state index in [-0.39, 0.29) is 11.5 Å². The molecule has 2 fully saturated rings. The number of hydrogen-bond donors (Lipinski definition) is 0. The van der Waals surface area contributed by atoms with Gasteiger partial charge in [0.15, 0.2) is 0 Å². The van der Waals surface area contributed by atoms with Crippen LogP contribution in [0, 0.1) is 5.92 Å². The molecule has 0 radical (unpaired) electrons. The summed E-state index contributed by atoms with van der Waals surface area (Å²) in [4.78, 5) is 4.77. The van der Waals surface area contributed by atoms with Gasteiger partial charge in [-0.25, -0.2) is 4.39 Å². The Bertz CT molecular complexity index is 218. The fraction of sp³-hybridized carbons (Fsp3) is 1.00. The van der Waals surface area contributed by atoms with Gasteiger partial charge in [-0.2, -0.15) is 0 Å². The average molecular weight is 214 g/mol. The van der Waals surface area contributed by atoms with Crippen molar-refractivity contribution >= 4 is 0 Å². The van der Waals surface area contributed by atoms with Gasteiger partial charge < -0.3 is 4.90 Å². The Hall–Kier alpha value is -0.150. The molecule has 2 aliphatic rings. The van der Waals surface area contributed by atoms with Crippen LogP contribution in [0.5, 0.6) is 0 Å². The Labute approximate surface area is 92.4 Å². The summed E-state index contributed by atoms with van der Waals surface area (Å²) in [5.74, 6) is 0.239. The van der Waals surface area contributed by atoms with E-state index in [1.807, 2.05) is 0 Å². The van der Waals surface area contributed by atoms with Crippen molar-refractivity contribution in [2.24, 2.45) is 5.92 Å². The first-order chi connectivity index (χ1) is 6.89. The molecule has 2 aliphatic heterocycles. The van der Waals surface area contributed by atoms with E-state index in [0.717, 1.165) is 26.1 Å². The van der Waals surface area contributed by atoms with Crippen molar-refractivity contribution in [3.63, 3.8) is 0 Å². The molecule has 2 saturated heterocycles. The third-order valence-electron chi connectivity index (χ3n) is 4.07. The lowest BCUT2D eigenvalue weighted by Gasteiger charge is -2.36. The van der Waals surface area contributed by atoms with Crippen LogP contribution in [0.15, 0.2) is 0 Å². The van der Waals surface area contributed by atoms with E-state index in [1.54, 1.807) is 0 Å². The minimum atomic E-state index is -0.585. The number of fused-ring (bicyclic) bond motifs is 1. The molecule has 0 aliphatic carbocycles. The van der Waals surface area contributed by atoms with Crippen molar-refractivity contribution in [2.75, 3.05) is 26.7 Å². The van der Waals surface area contributed by atoms with Crippen molar-refractivity contribution in [1.29, 1.82) is 0 Å². The Morgan fingerprint density at radius 2 is 1.87 bits per heavy atom. The van der Waals surface area contributed by atoms with Gasteiger partial charge in [-0.05, 0) is 34.2 Å². The largest absolute Gasteiger partial charge is 0.302 e. The zero-order valence-corrected chi connectivity index (χ0v) is 10.3. The van der Waals surface area contributed by atoms with Gasteiger partial charge in [0.05, 0.1) is 0 Å². The van der Waals surface area contributed by atoms with Crippen LogP contribution in [-0.2, 0) is 0 Å². The normalized spacial score (nSPS) is 39.4. The van der Waals surface area contributed by atoms with Crippen LogP contribution in [0.25, 0.3) is 0 Å². The first kappa shape index (κ1) is 11.3. The maximum atomic E-state index is 13.8. The molecule has 0 amide bonds. The molecule has 0 N–H and O–H groups in total. The van der Waals surface area contributed by atoms with Gasteiger partial charge in [0.2, 0.25) is 0 Å². The molecule has 2 nitrogen and oxygen atoms in total. The molecule has 3 atom stereocenters. The zero-order valence-electron chi connectivity index (χ0n) is 10.3. The summed E-state index contributed by atoms with van der Waals surface area (Å²) >= 11 is 0. The molecule has 0 bridgehead atoms. The second-order valence-corrected chi connectivity index (χ2v) is 6.09. The molecular formula is C12H23FN2. The highest BCUT2D eigenvalue weighted by Crippen LogP contribution is 2.34. The van der Waals surface area contributed by atoms with Gasteiger partial charge in [0, 0.05) is 37.1 Å². The van der Waals surface area contributed by atoms with Crippen LogP contribution < -0.4 is 0 Å². The summed E-state index contributed by atoms with van der Waals surface area (Å²) < 4.78 is 13.8. The van der Waals surface area contributed by atoms with E-state index in [0.29, 0.717) is 6.04 Å². The highest BCUT2D eigenvalue weighted by atomic mass is 19.1. The van der Waals surface area contributed by atoms with E-state index >= 15 is 0 Å². The Morgan fingerprint density at radius 1 is 1.20 bits per heavy atom. The van der Waals surface area contributed by atoms with Crippen LogP contribution in [0.2, 0.25) is 0 Å². The third-order valence-corrected chi connectivity index (χ3v) is 4.07. The maximum absolute atomic E-state index is 13.8. The fourth-order valence-corrected chi connectivity index (χ4v) is 2.89. The lowest BCUT2D eigenvalue weighted by Crippen LogP contribution is -2.47. The molecule has 2 heterocycles. The highest BCUT2D eigenvalue weighted by molar-refractivity contribution is 4.99. The van der Waals surface area contributed by atoms with E-state index in [2.05, 4.69) is 37.6 Å². The predicted molar refractivity (Wildman–Crippen MR) is 60.7 cm³/mol. The van der Waals surface area contributed by atoms with E-state index in [1.165, 1.54) is 0 Å². The molecule has 88 valence electrons. The number of nitrogens with zero attached hydrogens (tertiary/aromatic N) is 2. The number of piperidine rings is 1.